The lowest BCUT2D eigenvalue weighted by Crippen LogP contribution is -2.17. The van der Waals surface area contributed by atoms with E-state index < -0.39 is 10.0 Å². The summed E-state index contributed by atoms with van der Waals surface area (Å²) in [4.78, 5) is 16.3. The van der Waals surface area contributed by atoms with E-state index in [2.05, 4.69) is 20.1 Å². The van der Waals surface area contributed by atoms with Gasteiger partial charge in [-0.15, -0.1) is 5.10 Å². The topological polar surface area (TPSA) is 105 Å². The van der Waals surface area contributed by atoms with Gasteiger partial charge in [-0.2, -0.15) is 4.98 Å². The van der Waals surface area contributed by atoms with Gasteiger partial charge in [-0.05, 0) is 56.0 Å². The van der Waals surface area contributed by atoms with Crippen LogP contribution in [0.2, 0.25) is 5.02 Å². The van der Waals surface area contributed by atoms with E-state index in [4.69, 9.17) is 11.6 Å². The second-order valence-electron chi connectivity index (χ2n) is 7.42. The number of halogens is 1. The number of hydrogen-bond acceptors (Lipinski definition) is 5. The van der Waals surface area contributed by atoms with Crippen molar-refractivity contribution in [2.45, 2.75) is 30.9 Å². The minimum atomic E-state index is -3.36. The minimum absolute atomic E-state index is 0.0579. The summed E-state index contributed by atoms with van der Waals surface area (Å²) in [6.07, 6.45) is 3.18. The Morgan fingerprint density at radius 1 is 1.14 bits per heavy atom. The van der Waals surface area contributed by atoms with Crippen LogP contribution in [0.3, 0.4) is 0 Å². The maximum atomic E-state index is 12.1. The Hall–Kier alpha value is -2.65. The van der Waals surface area contributed by atoms with Crippen molar-refractivity contribution in [2.75, 3.05) is 10.0 Å². The molecule has 0 aliphatic heterocycles. The van der Waals surface area contributed by atoms with Crippen molar-refractivity contribution in [1.82, 2.24) is 14.6 Å². The van der Waals surface area contributed by atoms with Crippen molar-refractivity contribution in [2.24, 2.45) is 5.92 Å². The number of fused-ring (bicyclic) bond motifs is 1. The van der Waals surface area contributed by atoms with E-state index in [9.17, 15) is 13.2 Å². The standard InChI is InChI=1S/C19H18ClN5O3S/c20-15-10-12(24-29(27,28)13-7-8-13)6-9-14(15)16-2-1-3-17-21-19(23-25(16)17)22-18(26)11-4-5-11/h1-3,6,9-11,13,24H,4-5,7-8H2,(H,22,23,26). The van der Waals surface area contributed by atoms with E-state index in [1.165, 1.54) is 0 Å². The fourth-order valence-corrected chi connectivity index (χ4v) is 4.79. The van der Waals surface area contributed by atoms with E-state index in [1.54, 1.807) is 28.8 Å². The normalized spacial score (nSPS) is 16.7. The Kier molecular flexibility index (Phi) is 4.25. The number of nitrogens with zero attached hydrogens (tertiary/aromatic N) is 3. The number of benzene rings is 1. The first-order valence-corrected chi connectivity index (χ1v) is 11.3. The number of anilines is 2. The first-order chi connectivity index (χ1) is 13.9. The van der Waals surface area contributed by atoms with Gasteiger partial charge < -0.3 is 0 Å². The van der Waals surface area contributed by atoms with Crippen molar-refractivity contribution in [3.05, 3.63) is 41.4 Å². The molecule has 150 valence electrons. The molecule has 2 N–H and O–H groups in total. The largest absolute Gasteiger partial charge is 0.293 e. The highest BCUT2D eigenvalue weighted by Crippen LogP contribution is 2.34. The molecule has 8 nitrogen and oxygen atoms in total. The lowest BCUT2D eigenvalue weighted by Gasteiger charge is -2.10. The van der Waals surface area contributed by atoms with Crippen LogP contribution in [0.15, 0.2) is 36.4 Å². The average Bonchev–Trinajstić information content (AvgIpc) is 3.57. The van der Waals surface area contributed by atoms with Crippen LogP contribution in [0, 0.1) is 5.92 Å². The zero-order valence-corrected chi connectivity index (χ0v) is 16.9. The van der Waals surface area contributed by atoms with E-state index in [1.807, 2.05) is 12.1 Å². The van der Waals surface area contributed by atoms with Crippen LogP contribution in [0.4, 0.5) is 11.6 Å². The van der Waals surface area contributed by atoms with Crippen LogP contribution in [-0.2, 0) is 14.8 Å². The second kappa shape index (κ2) is 6.70. The molecule has 0 atom stereocenters. The summed E-state index contributed by atoms with van der Waals surface area (Å²) in [6, 6.07) is 10.5. The van der Waals surface area contributed by atoms with Gasteiger partial charge in [0.2, 0.25) is 21.9 Å². The predicted octanol–water partition coefficient (Wildman–Crippen LogP) is 3.30. The van der Waals surface area contributed by atoms with Crippen molar-refractivity contribution in [3.63, 3.8) is 0 Å². The molecule has 0 spiro atoms. The van der Waals surface area contributed by atoms with Crippen LogP contribution in [0.5, 0.6) is 0 Å². The lowest BCUT2D eigenvalue weighted by molar-refractivity contribution is -0.117. The number of rotatable bonds is 6. The zero-order valence-electron chi connectivity index (χ0n) is 15.3. The van der Waals surface area contributed by atoms with Gasteiger partial charge in [0, 0.05) is 17.2 Å². The highest BCUT2D eigenvalue weighted by molar-refractivity contribution is 7.93. The number of amides is 1. The van der Waals surface area contributed by atoms with Crippen molar-refractivity contribution >= 4 is 44.8 Å². The smallest absolute Gasteiger partial charge is 0.249 e. The van der Waals surface area contributed by atoms with Crippen LogP contribution in [0.25, 0.3) is 16.9 Å². The van der Waals surface area contributed by atoms with Crippen LogP contribution in [-0.4, -0.2) is 34.2 Å². The Morgan fingerprint density at radius 3 is 2.62 bits per heavy atom. The summed E-state index contributed by atoms with van der Waals surface area (Å²) < 4.78 is 28.5. The minimum Gasteiger partial charge on any atom is -0.293 e. The molecule has 3 aromatic rings. The quantitative estimate of drug-likeness (QED) is 0.622. The van der Waals surface area contributed by atoms with Crippen molar-refractivity contribution in [3.8, 4) is 11.3 Å². The molecule has 2 aliphatic carbocycles. The predicted molar refractivity (Wildman–Crippen MR) is 110 cm³/mol. The lowest BCUT2D eigenvalue weighted by atomic mass is 10.1. The monoisotopic (exact) mass is 431 g/mol. The fourth-order valence-electron chi connectivity index (χ4n) is 3.13. The highest BCUT2D eigenvalue weighted by atomic mass is 35.5. The van der Waals surface area contributed by atoms with E-state index in [0.29, 0.717) is 40.5 Å². The number of carbonyl (C=O) groups excluding carboxylic acids is 1. The summed E-state index contributed by atoms with van der Waals surface area (Å²) in [6.45, 7) is 0. The molecule has 1 amide bonds. The summed E-state index contributed by atoms with van der Waals surface area (Å²) in [5.74, 6) is 0.245. The summed E-state index contributed by atoms with van der Waals surface area (Å²) in [5.41, 5.74) is 2.36. The van der Waals surface area contributed by atoms with Crippen molar-refractivity contribution < 1.29 is 13.2 Å². The highest BCUT2D eigenvalue weighted by Gasteiger charge is 2.35. The molecule has 2 heterocycles. The van der Waals surface area contributed by atoms with Crippen LogP contribution >= 0.6 is 11.6 Å². The number of carbonyl (C=O) groups is 1. The molecule has 2 aliphatic rings. The Balaban J connectivity index is 1.46. The molecule has 2 saturated carbocycles. The fraction of sp³-hybridized carbons (Fsp3) is 0.316. The molecule has 0 bridgehead atoms. The third-order valence-electron chi connectivity index (χ3n) is 5.01. The van der Waals surface area contributed by atoms with Crippen LogP contribution in [0.1, 0.15) is 25.7 Å². The van der Waals surface area contributed by atoms with Gasteiger partial charge in [0.15, 0.2) is 5.65 Å². The third kappa shape index (κ3) is 3.67. The SMILES string of the molecule is O=C(Nc1nc2cccc(-c3ccc(NS(=O)(=O)C4CC4)cc3Cl)n2n1)C1CC1. The molecular formula is C19H18ClN5O3S. The first kappa shape index (κ1) is 18.4. The summed E-state index contributed by atoms with van der Waals surface area (Å²) in [5, 5.41) is 7.21. The molecule has 29 heavy (non-hydrogen) atoms. The van der Waals surface area contributed by atoms with Gasteiger partial charge in [-0.1, -0.05) is 17.7 Å². The first-order valence-electron chi connectivity index (χ1n) is 9.39. The van der Waals surface area contributed by atoms with Gasteiger partial charge in [0.05, 0.1) is 16.0 Å². The molecule has 2 aromatic heterocycles. The molecule has 1 aromatic carbocycles. The zero-order chi connectivity index (χ0) is 20.2. The van der Waals surface area contributed by atoms with Crippen molar-refractivity contribution in [1.29, 1.82) is 0 Å². The number of hydrogen-bond donors (Lipinski definition) is 2. The molecule has 0 unspecified atom stereocenters. The summed E-state index contributed by atoms with van der Waals surface area (Å²) in [7, 11) is -3.36. The number of sulfonamides is 1. The molecule has 5 rings (SSSR count). The van der Waals surface area contributed by atoms with Gasteiger partial charge in [0.25, 0.3) is 0 Å². The third-order valence-corrected chi connectivity index (χ3v) is 7.19. The average molecular weight is 432 g/mol. The van der Waals surface area contributed by atoms with Gasteiger partial charge >= 0.3 is 0 Å². The second-order valence-corrected chi connectivity index (χ2v) is 9.79. The van der Waals surface area contributed by atoms with Crippen LogP contribution < -0.4 is 10.0 Å². The van der Waals surface area contributed by atoms with Gasteiger partial charge in [-0.25, -0.2) is 12.9 Å². The van der Waals surface area contributed by atoms with Gasteiger partial charge in [-0.3, -0.25) is 14.8 Å². The maximum Gasteiger partial charge on any atom is 0.249 e. The summed E-state index contributed by atoms with van der Waals surface area (Å²) >= 11 is 6.46. The van der Waals surface area contributed by atoms with E-state index >= 15 is 0 Å². The number of pyridine rings is 1. The molecule has 0 radical (unpaired) electrons. The van der Waals surface area contributed by atoms with Gasteiger partial charge in [0.1, 0.15) is 0 Å². The number of aromatic nitrogens is 3. The Bertz CT molecular complexity index is 1230. The Morgan fingerprint density at radius 2 is 1.93 bits per heavy atom. The van der Waals surface area contributed by atoms with E-state index in [-0.39, 0.29) is 23.0 Å². The Labute approximate surface area is 172 Å². The molecule has 0 saturated heterocycles. The maximum absolute atomic E-state index is 12.1. The molecular weight excluding hydrogens is 414 g/mol. The number of nitrogens with one attached hydrogen (secondary N) is 2. The van der Waals surface area contributed by atoms with E-state index in [0.717, 1.165) is 12.8 Å². The molecule has 10 heteroatoms. The molecule has 2 fully saturated rings.